The molecule has 2 heterocycles. The van der Waals surface area contributed by atoms with Crippen molar-refractivity contribution in [2.24, 2.45) is 17.6 Å². The third-order valence-corrected chi connectivity index (χ3v) is 5.44. The molecule has 6 nitrogen and oxygen atoms in total. The highest BCUT2D eigenvalue weighted by molar-refractivity contribution is 9.10. The fraction of sp³-hybridized carbons (Fsp3) is 0.438. The van der Waals surface area contributed by atoms with E-state index in [1.807, 2.05) is 6.92 Å². The number of amides is 3. The molecule has 0 aromatic heterocycles. The minimum absolute atomic E-state index is 0.158. The molecular weight excluding hydrogens is 362 g/mol. The summed E-state index contributed by atoms with van der Waals surface area (Å²) in [5.74, 6) is -2.35. The molecule has 2 aliphatic rings. The molecule has 2 N–H and O–H groups in total. The third-order valence-electron chi connectivity index (χ3n) is 4.91. The van der Waals surface area contributed by atoms with E-state index in [2.05, 4.69) is 15.9 Å². The predicted octanol–water partition coefficient (Wildman–Crippen LogP) is 1.13. The van der Waals surface area contributed by atoms with E-state index in [-0.39, 0.29) is 17.9 Å². The molecule has 7 heteroatoms. The summed E-state index contributed by atoms with van der Waals surface area (Å²) in [6.07, 6.45) is 0.675. The molecule has 122 valence electrons. The molecule has 2 fully saturated rings. The number of nitrogens with two attached hydrogens (primary N) is 1. The quantitative estimate of drug-likeness (QED) is 0.797. The smallest absolute Gasteiger partial charge is 0.239 e. The van der Waals surface area contributed by atoms with Crippen molar-refractivity contribution in [1.82, 2.24) is 4.90 Å². The second-order valence-electron chi connectivity index (χ2n) is 6.03. The molecule has 0 aliphatic carbocycles. The lowest BCUT2D eigenvalue weighted by atomic mass is 9.88. The third kappa shape index (κ3) is 2.30. The van der Waals surface area contributed by atoms with Gasteiger partial charge in [-0.1, -0.05) is 22.9 Å². The lowest BCUT2D eigenvalue weighted by molar-refractivity contribution is -0.129. The van der Waals surface area contributed by atoms with Crippen molar-refractivity contribution < 1.29 is 14.4 Å². The van der Waals surface area contributed by atoms with Gasteiger partial charge in [0.1, 0.15) is 6.04 Å². The minimum Gasteiger partial charge on any atom is -0.368 e. The summed E-state index contributed by atoms with van der Waals surface area (Å²) in [4.78, 5) is 40.6. The maximum Gasteiger partial charge on any atom is 0.239 e. The summed E-state index contributed by atoms with van der Waals surface area (Å²) in [5, 5.41) is 0. The fourth-order valence-electron chi connectivity index (χ4n) is 3.93. The Morgan fingerprint density at radius 2 is 1.74 bits per heavy atom. The van der Waals surface area contributed by atoms with Crippen LogP contribution in [0.2, 0.25) is 0 Å². The summed E-state index contributed by atoms with van der Waals surface area (Å²) < 4.78 is 0.863. The Bertz CT molecular complexity index is 676. The topological polar surface area (TPSA) is 83.7 Å². The number of carbonyl (C=O) groups is 3. The van der Waals surface area contributed by atoms with E-state index in [0.717, 1.165) is 4.47 Å². The van der Waals surface area contributed by atoms with Crippen LogP contribution in [0, 0.1) is 11.8 Å². The van der Waals surface area contributed by atoms with Crippen molar-refractivity contribution in [2.75, 3.05) is 11.9 Å². The Morgan fingerprint density at radius 3 is 2.26 bits per heavy atom. The van der Waals surface area contributed by atoms with Gasteiger partial charge in [-0.2, -0.15) is 0 Å². The Morgan fingerprint density at radius 1 is 1.17 bits per heavy atom. The van der Waals surface area contributed by atoms with Gasteiger partial charge in [0, 0.05) is 10.5 Å². The van der Waals surface area contributed by atoms with Crippen LogP contribution >= 0.6 is 15.9 Å². The van der Waals surface area contributed by atoms with Gasteiger partial charge in [0.05, 0.1) is 17.5 Å². The number of primary amides is 1. The van der Waals surface area contributed by atoms with E-state index in [1.54, 1.807) is 36.2 Å². The van der Waals surface area contributed by atoms with Crippen molar-refractivity contribution in [1.29, 1.82) is 0 Å². The first-order valence-corrected chi connectivity index (χ1v) is 8.32. The van der Waals surface area contributed by atoms with Gasteiger partial charge in [0.25, 0.3) is 0 Å². The van der Waals surface area contributed by atoms with Crippen molar-refractivity contribution >= 4 is 39.3 Å². The van der Waals surface area contributed by atoms with Crippen LogP contribution < -0.4 is 10.6 Å². The first kappa shape index (κ1) is 16.1. The highest BCUT2D eigenvalue weighted by atomic mass is 79.9. The molecule has 0 saturated carbocycles. The molecule has 23 heavy (non-hydrogen) atoms. The number of imide groups is 1. The number of fused-ring (bicyclic) bond motifs is 1. The summed E-state index contributed by atoms with van der Waals surface area (Å²) in [7, 11) is 1.76. The summed E-state index contributed by atoms with van der Waals surface area (Å²) in [6.45, 7) is 1.95. The Kier molecular flexibility index (Phi) is 4.01. The number of benzene rings is 1. The van der Waals surface area contributed by atoms with Gasteiger partial charge in [-0.3, -0.25) is 19.3 Å². The van der Waals surface area contributed by atoms with Crippen molar-refractivity contribution in [3.05, 3.63) is 28.7 Å². The van der Waals surface area contributed by atoms with Crippen LogP contribution in [-0.4, -0.2) is 41.8 Å². The molecule has 4 atom stereocenters. The highest BCUT2D eigenvalue weighted by Crippen LogP contribution is 2.44. The van der Waals surface area contributed by atoms with E-state index >= 15 is 0 Å². The normalized spacial score (nSPS) is 30.8. The van der Waals surface area contributed by atoms with E-state index in [9.17, 15) is 14.4 Å². The van der Waals surface area contributed by atoms with Gasteiger partial charge in [-0.25, -0.2) is 4.90 Å². The first-order valence-electron chi connectivity index (χ1n) is 7.53. The second-order valence-corrected chi connectivity index (χ2v) is 6.94. The zero-order valence-electron chi connectivity index (χ0n) is 12.9. The zero-order valence-corrected chi connectivity index (χ0v) is 14.5. The number of halogens is 1. The van der Waals surface area contributed by atoms with Crippen LogP contribution in [0.4, 0.5) is 5.69 Å². The number of carbonyl (C=O) groups excluding carboxylic acids is 3. The average molecular weight is 380 g/mol. The van der Waals surface area contributed by atoms with Gasteiger partial charge in [-0.05, 0) is 37.7 Å². The molecule has 0 bridgehead atoms. The van der Waals surface area contributed by atoms with Crippen LogP contribution in [0.25, 0.3) is 0 Å². The van der Waals surface area contributed by atoms with Gasteiger partial charge in [0.15, 0.2) is 0 Å². The largest absolute Gasteiger partial charge is 0.368 e. The Balaban J connectivity index is 2.03. The summed E-state index contributed by atoms with van der Waals surface area (Å²) in [5.41, 5.74) is 6.03. The number of likely N-dealkylation sites (N-methyl/N-ethyl adjacent to an activating group) is 1. The van der Waals surface area contributed by atoms with Crippen LogP contribution in [0.15, 0.2) is 28.7 Å². The molecule has 2 saturated heterocycles. The van der Waals surface area contributed by atoms with Gasteiger partial charge >= 0.3 is 0 Å². The van der Waals surface area contributed by atoms with E-state index < -0.39 is 23.8 Å². The van der Waals surface area contributed by atoms with E-state index in [0.29, 0.717) is 12.1 Å². The molecular formula is C16H18BrN3O3. The number of hydrogen-bond donors (Lipinski definition) is 1. The number of nitrogens with zero attached hydrogens (tertiary/aromatic N) is 2. The molecule has 0 radical (unpaired) electrons. The van der Waals surface area contributed by atoms with Crippen molar-refractivity contribution in [2.45, 2.75) is 25.4 Å². The van der Waals surface area contributed by atoms with Crippen LogP contribution in [-0.2, 0) is 14.4 Å². The lowest BCUT2D eigenvalue weighted by Gasteiger charge is -2.27. The standard InChI is InChI=1S/C16H18BrN3O3/c1-3-10-11-12(13(14(18)21)19(10)2)16(23)20(15(11)22)9-6-4-8(17)5-7-9/h4-7,10-13H,3H2,1-2H3,(H2,18,21)/t10-,11+,12-,13-/m1/s1. The molecule has 3 rings (SSSR count). The fourth-order valence-corrected chi connectivity index (χ4v) is 4.19. The SMILES string of the molecule is CC[C@@H]1[C@@H]2C(=O)N(c3ccc(Br)cc3)C(=O)[C@H]2[C@H](C(N)=O)N1C. The molecule has 1 aromatic rings. The molecule has 3 amide bonds. The number of rotatable bonds is 3. The monoisotopic (exact) mass is 379 g/mol. The maximum atomic E-state index is 12.9. The molecule has 2 aliphatic heterocycles. The van der Waals surface area contributed by atoms with Crippen LogP contribution in [0.1, 0.15) is 13.3 Å². The van der Waals surface area contributed by atoms with E-state index in [4.69, 9.17) is 5.73 Å². The molecule has 1 aromatic carbocycles. The minimum atomic E-state index is -0.734. The number of hydrogen-bond acceptors (Lipinski definition) is 4. The molecule has 0 spiro atoms. The Hall–Kier alpha value is -1.73. The average Bonchev–Trinajstić information content (AvgIpc) is 2.93. The van der Waals surface area contributed by atoms with Crippen molar-refractivity contribution in [3.8, 4) is 0 Å². The second kappa shape index (κ2) is 5.72. The van der Waals surface area contributed by atoms with Gasteiger partial charge < -0.3 is 5.73 Å². The zero-order chi connectivity index (χ0) is 16.9. The predicted molar refractivity (Wildman–Crippen MR) is 88.4 cm³/mol. The number of likely N-dealkylation sites (tertiary alicyclic amines) is 1. The van der Waals surface area contributed by atoms with Crippen molar-refractivity contribution in [3.63, 3.8) is 0 Å². The van der Waals surface area contributed by atoms with Gasteiger partial charge in [-0.15, -0.1) is 0 Å². The molecule has 0 unspecified atom stereocenters. The first-order chi connectivity index (χ1) is 10.9. The van der Waals surface area contributed by atoms with E-state index in [1.165, 1.54) is 4.90 Å². The highest BCUT2D eigenvalue weighted by Gasteiger charge is 2.62. The summed E-state index contributed by atoms with van der Waals surface area (Å²) in [6, 6.07) is 6.09. The maximum absolute atomic E-state index is 12.9. The van der Waals surface area contributed by atoms with Crippen LogP contribution in [0.5, 0.6) is 0 Å². The lowest BCUT2D eigenvalue weighted by Crippen LogP contribution is -2.48. The van der Waals surface area contributed by atoms with Gasteiger partial charge in [0.2, 0.25) is 17.7 Å². The number of anilines is 1. The van der Waals surface area contributed by atoms with Crippen LogP contribution in [0.3, 0.4) is 0 Å². The Labute approximate surface area is 142 Å². The summed E-state index contributed by atoms with van der Waals surface area (Å²) >= 11 is 3.33.